The summed E-state index contributed by atoms with van der Waals surface area (Å²) in [4.78, 5) is 0. The van der Waals surface area contributed by atoms with E-state index in [0.29, 0.717) is 6.54 Å². The summed E-state index contributed by atoms with van der Waals surface area (Å²) < 4.78 is 0. The van der Waals surface area contributed by atoms with Gasteiger partial charge in [0.25, 0.3) is 0 Å². The topological polar surface area (TPSA) is 92.5 Å². The van der Waals surface area contributed by atoms with E-state index in [2.05, 4.69) is 0 Å². The van der Waals surface area contributed by atoms with Crippen LogP contribution in [-0.2, 0) is 0 Å². The van der Waals surface area contributed by atoms with Gasteiger partial charge in [-0.2, -0.15) is 0 Å². The molecule has 0 fully saturated rings. The van der Waals surface area contributed by atoms with Crippen molar-refractivity contribution in [2.24, 2.45) is 11.5 Å². The normalized spacial score (nSPS) is 17.2. The quantitative estimate of drug-likeness (QED) is 0.465. The zero-order valence-corrected chi connectivity index (χ0v) is 8.20. The van der Waals surface area contributed by atoms with Crippen molar-refractivity contribution >= 4 is 0 Å². The lowest BCUT2D eigenvalue weighted by molar-refractivity contribution is 0.170. The summed E-state index contributed by atoms with van der Waals surface area (Å²) in [5.74, 6) is 0. The number of aliphatic hydroxyl groups excluding tert-OH is 2. The molecule has 0 aromatic heterocycles. The second-order valence-electron chi connectivity index (χ2n) is 2.90. The lowest BCUT2D eigenvalue weighted by Crippen LogP contribution is -2.28. The molecule has 0 saturated heterocycles. The molecule has 0 bridgehead atoms. The van der Waals surface area contributed by atoms with Crippen molar-refractivity contribution in [3.8, 4) is 0 Å². The Bertz CT molecular complexity index is 77.1. The molecular formula is C8H22N2O2. The van der Waals surface area contributed by atoms with E-state index in [1.54, 1.807) is 13.8 Å². The van der Waals surface area contributed by atoms with Crippen molar-refractivity contribution in [2.45, 2.75) is 45.4 Å². The Kier molecular flexibility index (Phi) is 10.7. The molecule has 3 atom stereocenters. The summed E-state index contributed by atoms with van der Waals surface area (Å²) in [6, 6.07) is -0.0926. The van der Waals surface area contributed by atoms with Crippen LogP contribution < -0.4 is 11.5 Å². The lowest BCUT2D eigenvalue weighted by atomic mass is 10.2. The first kappa shape index (κ1) is 14.4. The average Bonchev–Trinajstić information content (AvgIpc) is 2.04. The van der Waals surface area contributed by atoms with Crippen molar-refractivity contribution in [3.05, 3.63) is 0 Å². The molecule has 0 aromatic rings. The van der Waals surface area contributed by atoms with Gasteiger partial charge in [-0.25, -0.2) is 0 Å². The van der Waals surface area contributed by atoms with E-state index < -0.39 is 0 Å². The third-order valence-corrected chi connectivity index (χ3v) is 1.50. The van der Waals surface area contributed by atoms with Gasteiger partial charge in [0.2, 0.25) is 0 Å². The molecule has 0 rings (SSSR count). The molecular weight excluding hydrogens is 156 g/mol. The molecule has 0 spiro atoms. The van der Waals surface area contributed by atoms with Crippen LogP contribution in [0.15, 0.2) is 0 Å². The predicted molar refractivity (Wildman–Crippen MR) is 50.7 cm³/mol. The van der Waals surface area contributed by atoms with Crippen molar-refractivity contribution < 1.29 is 10.2 Å². The minimum Gasteiger partial charge on any atom is -0.392 e. The highest BCUT2D eigenvalue weighted by Crippen LogP contribution is 1.82. The maximum absolute atomic E-state index is 8.54. The summed E-state index contributed by atoms with van der Waals surface area (Å²) >= 11 is 0. The van der Waals surface area contributed by atoms with E-state index in [1.807, 2.05) is 6.92 Å². The molecule has 0 aromatic carbocycles. The summed E-state index contributed by atoms with van der Waals surface area (Å²) in [6.45, 7) is 5.73. The Morgan fingerprint density at radius 3 is 1.58 bits per heavy atom. The Morgan fingerprint density at radius 2 is 1.58 bits per heavy atom. The Labute approximate surface area is 74.6 Å². The van der Waals surface area contributed by atoms with E-state index in [9.17, 15) is 0 Å². The van der Waals surface area contributed by atoms with Crippen LogP contribution >= 0.6 is 0 Å². The number of nitrogens with two attached hydrogens (primary N) is 2. The van der Waals surface area contributed by atoms with Crippen LogP contribution in [0.25, 0.3) is 0 Å². The molecule has 0 radical (unpaired) electrons. The Hall–Kier alpha value is -0.160. The van der Waals surface area contributed by atoms with Gasteiger partial charge >= 0.3 is 0 Å². The third-order valence-electron chi connectivity index (χ3n) is 1.50. The van der Waals surface area contributed by atoms with Gasteiger partial charge < -0.3 is 21.7 Å². The lowest BCUT2D eigenvalue weighted by Gasteiger charge is -2.04. The summed E-state index contributed by atoms with van der Waals surface area (Å²) in [7, 11) is 0. The van der Waals surface area contributed by atoms with Crippen LogP contribution in [0.5, 0.6) is 0 Å². The molecule has 0 aliphatic heterocycles. The highest BCUT2D eigenvalue weighted by molar-refractivity contribution is 4.57. The fourth-order valence-corrected chi connectivity index (χ4v) is 0.167. The monoisotopic (exact) mass is 178 g/mol. The van der Waals surface area contributed by atoms with Gasteiger partial charge in [-0.3, -0.25) is 0 Å². The molecule has 3 unspecified atom stereocenters. The number of aliphatic hydroxyl groups is 2. The maximum Gasteiger partial charge on any atom is 0.0660 e. The number of rotatable bonds is 3. The van der Waals surface area contributed by atoms with E-state index in [0.717, 1.165) is 6.42 Å². The maximum atomic E-state index is 8.54. The van der Waals surface area contributed by atoms with Gasteiger partial charge in [0.15, 0.2) is 0 Å². The number of hydrogen-bond donors (Lipinski definition) is 4. The summed E-state index contributed by atoms with van der Waals surface area (Å²) in [5, 5.41) is 17.0. The molecule has 0 amide bonds. The van der Waals surface area contributed by atoms with Crippen molar-refractivity contribution in [2.75, 3.05) is 6.54 Å². The van der Waals surface area contributed by atoms with Gasteiger partial charge in [0.05, 0.1) is 12.2 Å². The number of hydrogen-bond acceptors (Lipinski definition) is 4. The summed E-state index contributed by atoms with van der Waals surface area (Å²) in [6.07, 6.45) is 0.103. The third kappa shape index (κ3) is 12.5. The molecule has 0 heterocycles. The van der Waals surface area contributed by atoms with Crippen LogP contribution in [0.1, 0.15) is 27.2 Å². The molecule has 0 saturated carbocycles. The van der Waals surface area contributed by atoms with Gasteiger partial charge in [-0.15, -0.1) is 0 Å². The first-order chi connectivity index (χ1) is 5.45. The van der Waals surface area contributed by atoms with Gasteiger partial charge in [-0.05, 0) is 20.3 Å². The second-order valence-corrected chi connectivity index (χ2v) is 2.90. The highest BCUT2D eigenvalue weighted by Gasteiger charge is 1.97. The average molecular weight is 178 g/mol. The molecule has 0 aliphatic carbocycles. The van der Waals surface area contributed by atoms with Crippen LogP contribution in [0.3, 0.4) is 0 Å². The predicted octanol–water partition coefficient (Wildman–Crippen LogP) is -0.570. The minimum absolute atomic E-state index is 0.0926. The van der Waals surface area contributed by atoms with Crippen LogP contribution in [0, 0.1) is 0 Å². The fourth-order valence-electron chi connectivity index (χ4n) is 0.167. The van der Waals surface area contributed by atoms with E-state index >= 15 is 0 Å². The SMILES string of the molecule is CC(N)C(C)O.CCC(O)CN. The highest BCUT2D eigenvalue weighted by atomic mass is 16.3. The van der Waals surface area contributed by atoms with Gasteiger partial charge in [-0.1, -0.05) is 6.92 Å². The first-order valence-corrected chi connectivity index (χ1v) is 4.27. The zero-order valence-electron chi connectivity index (χ0n) is 8.20. The minimum atomic E-state index is -0.370. The Morgan fingerprint density at radius 1 is 1.25 bits per heavy atom. The van der Waals surface area contributed by atoms with Crippen molar-refractivity contribution in [1.29, 1.82) is 0 Å². The standard InChI is InChI=1S/2C4H11NO/c1-3(5)4(2)6;1-2-4(6)3-5/h3-4,6H,5H2,1-2H3;4,6H,2-3,5H2,1H3. The van der Waals surface area contributed by atoms with Crippen LogP contribution in [-0.4, -0.2) is 35.0 Å². The van der Waals surface area contributed by atoms with Crippen molar-refractivity contribution in [1.82, 2.24) is 0 Å². The molecule has 6 N–H and O–H groups in total. The molecule has 76 valence electrons. The molecule has 4 nitrogen and oxygen atoms in total. The van der Waals surface area contributed by atoms with E-state index in [4.69, 9.17) is 21.7 Å². The first-order valence-electron chi connectivity index (χ1n) is 4.27. The van der Waals surface area contributed by atoms with Gasteiger partial charge in [0, 0.05) is 12.6 Å². The second kappa shape index (κ2) is 8.93. The van der Waals surface area contributed by atoms with E-state index in [1.165, 1.54) is 0 Å². The zero-order chi connectivity index (χ0) is 10.1. The van der Waals surface area contributed by atoms with Crippen LogP contribution in [0.2, 0.25) is 0 Å². The Balaban J connectivity index is 0. The molecule has 12 heavy (non-hydrogen) atoms. The molecule has 4 heteroatoms. The van der Waals surface area contributed by atoms with E-state index in [-0.39, 0.29) is 18.2 Å². The smallest absolute Gasteiger partial charge is 0.0660 e. The largest absolute Gasteiger partial charge is 0.392 e. The molecule has 0 aliphatic rings. The van der Waals surface area contributed by atoms with Gasteiger partial charge in [0.1, 0.15) is 0 Å². The summed E-state index contributed by atoms with van der Waals surface area (Å²) in [5.41, 5.74) is 10.2. The fraction of sp³-hybridized carbons (Fsp3) is 1.00. The van der Waals surface area contributed by atoms with Crippen LogP contribution in [0.4, 0.5) is 0 Å². The van der Waals surface area contributed by atoms with Crippen molar-refractivity contribution in [3.63, 3.8) is 0 Å².